The predicted octanol–water partition coefficient (Wildman–Crippen LogP) is 3.26. The first kappa shape index (κ1) is 19.2. The lowest BCUT2D eigenvalue weighted by Crippen LogP contribution is -2.24. The van der Waals surface area contributed by atoms with Gasteiger partial charge in [0.25, 0.3) is 0 Å². The molecule has 6 nitrogen and oxygen atoms in total. The largest absolute Gasteiger partial charge is 0.491 e. The second-order valence-electron chi connectivity index (χ2n) is 6.07. The summed E-state index contributed by atoms with van der Waals surface area (Å²) in [5.41, 5.74) is 4.76. The van der Waals surface area contributed by atoms with Gasteiger partial charge in [-0.3, -0.25) is 9.59 Å². The monoisotopic (exact) mass is 353 g/mol. The summed E-state index contributed by atoms with van der Waals surface area (Å²) in [6.45, 7) is 5.78. The minimum Gasteiger partial charge on any atom is -0.491 e. The molecular weight excluding hydrogens is 330 g/mol. The van der Waals surface area contributed by atoms with Crippen LogP contribution in [0, 0.1) is 6.92 Å². The average molecular weight is 353 g/mol. The van der Waals surface area contributed by atoms with Gasteiger partial charge in [0.15, 0.2) is 0 Å². The van der Waals surface area contributed by atoms with Gasteiger partial charge in [0.2, 0.25) is 11.8 Å². The van der Waals surface area contributed by atoms with Crippen LogP contribution < -0.4 is 15.5 Å². The highest BCUT2D eigenvalue weighted by molar-refractivity contribution is 6.04. The molecule has 0 radical (unpaired) electrons. The molecule has 0 heterocycles. The Morgan fingerprint density at radius 1 is 1.12 bits per heavy atom. The molecule has 0 aliphatic heterocycles. The summed E-state index contributed by atoms with van der Waals surface area (Å²) in [5, 5.41) is 6.59. The molecule has 6 heteroatoms. The molecule has 0 bridgehead atoms. The van der Waals surface area contributed by atoms with Crippen molar-refractivity contribution in [3.05, 3.63) is 59.7 Å². The van der Waals surface area contributed by atoms with Crippen molar-refractivity contribution in [2.45, 2.75) is 33.3 Å². The zero-order chi connectivity index (χ0) is 18.9. The van der Waals surface area contributed by atoms with E-state index in [9.17, 15) is 9.59 Å². The molecule has 0 saturated heterocycles. The van der Waals surface area contributed by atoms with E-state index in [1.54, 1.807) is 6.07 Å². The third-order valence-corrected chi connectivity index (χ3v) is 3.37. The summed E-state index contributed by atoms with van der Waals surface area (Å²) in [7, 11) is 0. The fourth-order valence-electron chi connectivity index (χ4n) is 2.21. The molecule has 0 unspecified atom stereocenters. The molecule has 2 aromatic carbocycles. The number of carbonyl (C=O) groups excluding carboxylic acids is 2. The van der Waals surface area contributed by atoms with Crippen LogP contribution in [0.25, 0.3) is 0 Å². The van der Waals surface area contributed by atoms with Crippen molar-refractivity contribution in [2.24, 2.45) is 5.10 Å². The van der Waals surface area contributed by atoms with E-state index < -0.39 is 5.91 Å². The smallest absolute Gasteiger partial charge is 0.249 e. The molecule has 0 aromatic heterocycles. The van der Waals surface area contributed by atoms with Crippen LogP contribution in [-0.4, -0.2) is 24.1 Å². The number of hydrazone groups is 1. The van der Waals surface area contributed by atoms with Crippen LogP contribution in [0.1, 0.15) is 31.4 Å². The van der Waals surface area contributed by atoms with Gasteiger partial charge >= 0.3 is 0 Å². The molecule has 0 fully saturated rings. The molecule has 0 spiro atoms. The Morgan fingerprint density at radius 3 is 2.62 bits per heavy atom. The van der Waals surface area contributed by atoms with Gasteiger partial charge in [-0.25, -0.2) is 5.43 Å². The van der Waals surface area contributed by atoms with Gasteiger partial charge in [-0.2, -0.15) is 5.10 Å². The van der Waals surface area contributed by atoms with Crippen molar-refractivity contribution < 1.29 is 14.3 Å². The van der Waals surface area contributed by atoms with E-state index in [1.165, 1.54) is 6.21 Å². The number of rotatable bonds is 7. The molecule has 0 atom stereocenters. The molecule has 0 saturated carbocycles. The van der Waals surface area contributed by atoms with Gasteiger partial charge in [-0.15, -0.1) is 0 Å². The van der Waals surface area contributed by atoms with E-state index in [1.807, 2.05) is 63.2 Å². The molecule has 0 aliphatic rings. The highest BCUT2D eigenvalue weighted by atomic mass is 16.5. The van der Waals surface area contributed by atoms with Crippen LogP contribution in [0.15, 0.2) is 53.6 Å². The maximum atomic E-state index is 11.9. The molecule has 2 N–H and O–H groups in total. The average Bonchev–Trinajstić information content (AvgIpc) is 2.56. The summed E-state index contributed by atoms with van der Waals surface area (Å²) in [5.74, 6) is -0.144. The number of aryl methyl sites for hydroxylation is 1. The zero-order valence-corrected chi connectivity index (χ0v) is 15.2. The fourth-order valence-corrected chi connectivity index (χ4v) is 2.21. The first-order chi connectivity index (χ1) is 12.4. The molecular formula is C20H23N3O3. The molecule has 26 heavy (non-hydrogen) atoms. The van der Waals surface area contributed by atoms with Crippen LogP contribution in [0.4, 0.5) is 5.69 Å². The van der Waals surface area contributed by atoms with E-state index >= 15 is 0 Å². The summed E-state index contributed by atoms with van der Waals surface area (Å²) in [6.07, 6.45) is 1.28. The number of ether oxygens (including phenoxy) is 1. The van der Waals surface area contributed by atoms with E-state index in [-0.39, 0.29) is 18.4 Å². The lowest BCUT2D eigenvalue weighted by atomic mass is 10.2. The van der Waals surface area contributed by atoms with Crippen molar-refractivity contribution in [1.29, 1.82) is 0 Å². The Kier molecular flexibility index (Phi) is 6.91. The summed E-state index contributed by atoms with van der Waals surface area (Å²) >= 11 is 0. The van der Waals surface area contributed by atoms with Gasteiger partial charge < -0.3 is 10.1 Å². The number of hydrogen-bond acceptors (Lipinski definition) is 4. The van der Waals surface area contributed by atoms with Gasteiger partial charge in [-0.1, -0.05) is 30.3 Å². The van der Waals surface area contributed by atoms with Gasteiger partial charge in [0.1, 0.15) is 12.2 Å². The second-order valence-corrected chi connectivity index (χ2v) is 6.07. The van der Waals surface area contributed by atoms with Gasteiger partial charge in [0, 0.05) is 5.69 Å². The number of benzene rings is 2. The molecule has 2 amide bonds. The van der Waals surface area contributed by atoms with E-state index in [2.05, 4.69) is 15.8 Å². The number of hydrogen-bond donors (Lipinski definition) is 2. The maximum Gasteiger partial charge on any atom is 0.249 e. The Balaban J connectivity index is 1.83. The molecule has 136 valence electrons. The third-order valence-electron chi connectivity index (χ3n) is 3.37. The minimum atomic E-state index is -0.484. The Morgan fingerprint density at radius 2 is 1.88 bits per heavy atom. The van der Waals surface area contributed by atoms with E-state index in [0.717, 1.165) is 16.9 Å². The quantitative estimate of drug-likeness (QED) is 0.455. The van der Waals surface area contributed by atoms with Crippen molar-refractivity contribution >= 4 is 23.7 Å². The predicted molar refractivity (Wildman–Crippen MR) is 102 cm³/mol. The number of nitrogens with zero attached hydrogens (tertiary/aromatic N) is 1. The summed E-state index contributed by atoms with van der Waals surface area (Å²) < 4.78 is 5.60. The number of amides is 2. The first-order valence-corrected chi connectivity index (χ1v) is 8.38. The lowest BCUT2D eigenvalue weighted by molar-refractivity contribution is -0.126. The Bertz CT molecular complexity index is 800. The molecule has 2 aromatic rings. The fraction of sp³-hybridized carbons (Fsp3) is 0.250. The molecule has 0 aliphatic carbocycles. The van der Waals surface area contributed by atoms with Crippen molar-refractivity contribution in [1.82, 2.24) is 5.43 Å². The van der Waals surface area contributed by atoms with Crippen LogP contribution in [0.5, 0.6) is 5.75 Å². The number of para-hydroxylation sites is 1. The number of carbonyl (C=O) groups is 2. The highest BCUT2D eigenvalue weighted by Crippen LogP contribution is 2.14. The third kappa shape index (κ3) is 6.39. The second kappa shape index (κ2) is 9.36. The highest BCUT2D eigenvalue weighted by Gasteiger charge is 2.09. The number of nitrogens with one attached hydrogen (secondary N) is 2. The maximum absolute atomic E-state index is 11.9. The standard InChI is InChI=1S/C20H23N3O3/c1-14(2)26-17-9-6-8-16(11-17)13-21-23-20(25)12-19(24)22-18-10-5-4-7-15(18)3/h4-11,13-14H,12H2,1-3H3,(H,22,24)(H,23,25). The van der Waals surface area contributed by atoms with Crippen LogP contribution in [0.2, 0.25) is 0 Å². The summed E-state index contributed by atoms with van der Waals surface area (Å²) in [6, 6.07) is 14.7. The Hall–Kier alpha value is -3.15. The van der Waals surface area contributed by atoms with Crippen LogP contribution in [0.3, 0.4) is 0 Å². The van der Waals surface area contributed by atoms with E-state index in [4.69, 9.17) is 4.74 Å². The molecule has 2 rings (SSSR count). The summed E-state index contributed by atoms with van der Waals surface area (Å²) in [4.78, 5) is 23.7. The first-order valence-electron chi connectivity index (χ1n) is 8.38. The lowest BCUT2D eigenvalue weighted by Gasteiger charge is -2.09. The topological polar surface area (TPSA) is 79.8 Å². The zero-order valence-electron chi connectivity index (χ0n) is 15.2. The number of anilines is 1. The Labute approximate surface area is 153 Å². The normalized spacial score (nSPS) is 10.8. The van der Waals surface area contributed by atoms with Crippen molar-refractivity contribution in [2.75, 3.05) is 5.32 Å². The van der Waals surface area contributed by atoms with Crippen LogP contribution in [-0.2, 0) is 9.59 Å². The van der Waals surface area contributed by atoms with Crippen LogP contribution >= 0.6 is 0 Å². The van der Waals surface area contributed by atoms with Crippen molar-refractivity contribution in [3.8, 4) is 5.75 Å². The van der Waals surface area contributed by atoms with Gasteiger partial charge in [-0.05, 0) is 50.1 Å². The van der Waals surface area contributed by atoms with Crippen molar-refractivity contribution in [3.63, 3.8) is 0 Å². The SMILES string of the molecule is Cc1ccccc1NC(=O)CC(=O)NN=Cc1cccc(OC(C)C)c1. The minimum absolute atomic E-state index is 0.0775. The van der Waals surface area contributed by atoms with E-state index in [0.29, 0.717) is 5.69 Å². The van der Waals surface area contributed by atoms with Gasteiger partial charge in [0.05, 0.1) is 12.3 Å².